The minimum Gasteiger partial charge on any atom is -0.353 e. The lowest BCUT2D eigenvalue weighted by Crippen LogP contribution is -2.61. The normalized spacial score (nSPS) is 25.2. The molecule has 2 N–H and O–H groups in total. The van der Waals surface area contributed by atoms with Crippen LogP contribution in [-0.4, -0.2) is 41.9 Å². The van der Waals surface area contributed by atoms with Crippen LogP contribution < -0.4 is 10.6 Å². The molecule has 21 heavy (non-hydrogen) atoms. The number of piperazine rings is 1. The molecule has 1 fully saturated rings. The van der Waals surface area contributed by atoms with Crippen molar-refractivity contribution < 1.29 is 9.59 Å². The standard InChI is InChI=1S/C16H21N3O2/c1-2-14-15(20)17-7-8-19(14)16(21)13-9-11-5-3-4-6-12(11)10-18-13/h3-6,13-14,18H,2,7-10H2,1H3,(H,17,20). The molecule has 0 aliphatic carbocycles. The summed E-state index contributed by atoms with van der Waals surface area (Å²) in [6, 6.07) is 7.65. The Morgan fingerprint density at radius 2 is 2.10 bits per heavy atom. The number of carbonyl (C=O) groups excluding carboxylic acids is 2. The number of rotatable bonds is 2. The molecule has 2 aliphatic heterocycles. The zero-order chi connectivity index (χ0) is 14.8. The fourth-order valence-electron chi connectivity index (χ4n) is 3.21. The first-order valence-electron chi connectivity index (χ1n) is 7.59. The molecule has 0 spiro atoms. The first-order chi connectivity index (χ1) is 10.2. The molecule has 3 rings (SSSR count). The second kappa shape index (κ2) is 5.85. The van der Waals surface area contributed by atoms with Crippen LogP contribution in [-0.2, 0) is 22.6 Å². The Hall–Kier alpha value is -1.88. The lowest BCUT2D eigenvalue weighted by Gasteiger charge is -2.38. The Morgan fingerprint density at radius 1 is 1.33 bits per heavy atom. The molecule has 1 saturated heterocycles. The number of hydrogen-bond acceptors (Lipinski definition) is 3. The summed E-state index contributed by atoms with van der Waals surface area (Å²) in [6.45, 7) is 3.80. The molecule has 0 saturated carbocycles. The van der Waals surface area contributed by atoms with E-state index >= 15 is 0 Å². The van der Waals surface area contributed by atoms with E-state index in [4.69, 9.17) is 0 Å². The Morgan fingerprint density at radius 3 is 2.86 bits per heavy atom. The number of hydrogen-bond donors (Lipinski definition) is 2. The third-order valence-corrected chi connectivity index (χ3v) is 4.38. The van der Waals surface area contributed by atoms with E-state index in [-0.39, 0.29) is 23.9 Å². The zero-order valence-corrected chi connectivity index (χ0v) is 12.3. The molecule has 0 radical (unpaired) electrons. The van der Waals surface area contributed by atoms with Gasteiger partial charge in [-0.05, 0) is 24.0 Å². The molecule has 112 valence electrons. The molecule has 1 aromatic rings. The van der Waals surface area contributed by atoms with Gasteiger partial charge >= 0.3 is 0 Å². The molecule has 2 heterocycles. The maximum Gasteiger partial charge on any atom is 0.242 e. The van der Waals surface area contributed by atoms with Crippen LogP contribution in [0.1, 0.15) is 24.5 Å². The van der Waals surface area contributed by atoms with Gasteiger partial charge in [0, 0.05) is 19.6 Å². The van der Waals surface area contributed by atoms with Gasteiger partial charge in [0.2, 0.25) is 11.8 Å². The molecule has 2 aliphatic rings. The quantitative estimate of drug-likeness (QED) is 0.829. The predicted molar refractivity (Wildman–Crippen MR) is 79.6 cm³/mol. The maximum atomic E-state index is 12.8. The topological polar surface area (TPSA) is 61.4 Å². The van der Waals surface area contributed by atoms with Crippen molar-refractivity contribution in [2.75, 3.05) is 13.1 Å². The van der Waals surface area contributed by atoms with Gasteiger partial charge in [0.25, 0.3) is 0 Å². The summed E-state index contributed by atoms with van der Waals surface area (Å²) in [7, 11) is 0. The summed E-state index contributed by atoms with van der Waals surface area (Å²) >= 11 is 0. The molecular weight excluding hydrogens is 266 g/mol. The smallest absolute Gasteiger partial charge is 0.242 e. The molecule has 5 nitrogen and oxygen atoms in total. The summed E-state index contributed by atoms with van der Waals surface area (Å²) in [4.78, 5) is 26.4. The number of nitrogens with one attached hydrogen (secondary N) is 2. The number of carbonyl (C=O) groups is 2. The highest BCUT2D eigenvalue weighted by atomic mass is 16.2. The van der Waals surface area contributed by atoms with Crippen LogP contribution in [0.25, 0.3) is 0 Å². The van der Waals surface area contributed by atoms with Crippen LogP contribution in [0.15, 0.2) is 24.3 Å². The van der Waals surface area contributed by atoms with E-state index in [1.807, 2.05) is 19.1 Å². The highest BCUT2D eigenvalue weighted by molar-refractivity contribution is 5.91. The van der Waals surface area contributed by atoms with Gasteiger partial charge in [-0.25, -0.2) is 0 Å². The first-order valence-corrected chi connectivity index (χ1v) is 7.59. The van der Waals surface area contributed by atoms with Crippen LogP contribution in [0.5, 0.6) is 0 Å². The Labute approximate surface area is 124 Å². The van der Waals surface area contributed by atoms with E-state index in [2.05, 4.69) is 22.8 Å². The second-order valence-electron chi connectivity index (χ2n) is 5.65. The van der Waals surface area contributed by atoms with Crippen molar-refractivity contribution >= 4 is 11.8 Å². The Balaban J connectivity index is 1.75. The van der Waals surface area contributed by atoms with Crippen LogP contribution in [0.4, 0.5) is 0 Å². The van der Waals surface area contributed by atoms with Gasteiger partial charge in [-0.15, -0.1) is 0 Å². The van der Waals surface area contributed by atoms with Crippen LogP contribution in [0.3, 0.4) is 0 Å². The summed E-state index contributed by atoms with van der Waals surface area (Å²) in [6.07, 6.45) is 1.35. The number of nitrogens with zero attached hydrogens (tertiary/aromatic N) is 1. The van der Waals surface area contributed by atoms with Crippen molar-refractivity contribution in [2.24, 2.45) is 0 Å². The van der Waals surface area contributed by atoms with Crippen molar-refractivity contribution in [1.29, 1.82) is 0 Å². The molecule has 2 amide bonds. The highest BCUT2D eigenvalue weighted by Gasteiger charge is 2.36. The van der Waals surface area contributed by atoms with Gasteiger partial charge < -0.3 is 15.5 Å². The summed E-state index contributed by atoms with van der Waals surface area (Å²) in [5.74, 6) is 0.0134. The van der Waals surface area contributed by atoms with E-state index in [1.54, 1.807) is 4.90 Å². The maximum absolute atomic E-state index is 12.8. The minimum absolute atomic E-state index is 0.0340. The van der Waals surface area contributed by atoms with Crippen LogP contribution in [0, 0.1) is 0 Å². The van der Waals surface area contributed by atoms with Crippen LogP contribution >= 0.6 is 0 Å². The fourth-order valence-corrected chi connectivity index (χ4v) is 3.21. The van der Waals surface area contributed by atoms with Crippen LogP contribution in [0.2, 0.25) is 0 Å². The summed E-state index contributed by atoms with van der Waals surface area (Å²) in [5, 5.41) is 6.14. The van der Waals surface area contributed by atoms with E-state index < -0.39 is 0 Å². The van der Waals surface area contributed by atoms with Crippen molar-refractivity contribution in [1.82, 2.24) is 15.5 Å². The summed E-state index contributed by atoms with van der Waals surface area (Å²) < 4.78 is 0. The van der Waals surface area contributed by atoms with Gasteiger partial charge in [0.05, 0.1) is 6.04 Å². The number of fused-ring (bicyclic) bond motifs is 1. The lowest BCUT2D eigenvalue weighted by molar-refractivity contribution is -0.145. The van der Waals surface area contributed by atoms with E-state index in [1.165, 1.54) is 11.1 Å². The Kier molecular flexibility index (Phi) is 3.92. The molecule has 2 unspecified atom stereocenters. The molecule has 2 atom stereocenters. The van der Waals surface area contributed by atoms with Crippen molar-refractivity contribution in [3.8, 4) is 0 Å². The van der Waals surface area contributed by atoms with Crippen molar-refractivity contribution in [3.63, 3.8) is 0 Å². The third kappa shape index (κ3) is 2.65. The average Bonchev–Trinajstić information content (AvgIpc) is 2.53. The highest BCUT2D eigenvalue weighted by Crippen LogP contribution is 2.19. The molecule has 5 heteroatoms. The van der Waals surface area contributed by atoms with E-state index in [9.17, 15) is 9.59 Å². The third-order valence-electron chi connectivity index (χ3n) is 4.38. The minimum atomic E-state index is -0.328. The predicted octanol–water partition coefficient (Wildman–Crippen LogP) is 0.438. The van der Waals surface area contributed by atoms with E-state index in [0.717, 1.165) is 0 Å². The van der Waals surface area contributed by atoms with Gasteiger partial charge in [-0.1, -0.05) is 31.2 Å². The molecule has 0 bridgehead atoms. The first kappa shape index (κ1) is 14.1. The SMILES string of the molecule is CCC1C(=O)NCCN1C(=O)C1Cc2ccccc2CN1. The largest absolute Gasteiger partial charge is 0.353 e. The fraction of sp³-hybridized carbons (Fsp3) is 0.500. The second-order valence-corrected chi connectivity index (χ2v) is 5.65. The Bertz CT molecular complexity index is 558. The number of benzene rings is 1. The summed E-state index contributed by atoms with van der Waals surface area (Å²) in [5.41, 5.74) is 2.48. The van der Waals surface area contributed by atoms with Crippen molar-refractivity contribution in [2.45, 2.75) is 38.4 Å². The average molecular weight is 287 g/mol. The van der Waals surface area contributed by atoms with E-state index in [0.29, 0.717) is 32.5 Å². The van der Waals surface area contributed by atoms with Gasteiger partial charge in [0.1, 0.15) is 6.04 Å². The molecule has 1 aromatic carbocycles. The molecule has 0 aromatic heterocycles. The van der Waals surface area contributed by atoms with Gasteiger partial charge in [-0.2, -0.15) is 0 Å². The van der Waals surface area contributed by atoms with Crippen molar-refractivity contribution in [3.05, 3.63) is 35.4 Å². The number of amides is 2. The van der Waals surface area contributed by atoms with Gasteiger partial charge in [0.15, 0.2) is 0 Å². The zero-order valence-electron chi connectivity index (χ0n) is 12.3. The molecular formula is C16H21N3O2. The van der Waals surface area contributed by atoms with Gasteiger partial charge in [-0.3, -0.25) is 9.59 Å². The monoisotopic (exact) mass is 287 g/mol. The lowest BCUT2D eigenvalue weighted by atomic mass is 9.94.